The normalized spacial score (nSPS) is 10.6. The van der Waals surface area contributed by atoms with Gasteiger partial charge in [-0.15, -0.1) is 4.79 Å². The van der Waals surface area contributed by atoms with Crippen LogP contribution in [0.5, 0.6) is 0 Å². The van der Waals surface area contributed by atoms with Gasteiger partial charge in [0.25, 0.3) is 5.56 Å². The summed E-state index contributed by atoms with van der Waals surface area (Å²) in [6.07, 6.45) is 0.879. The highest BCUT2D eigenvalue weighted by Crippen LogP contribution is 2.08. The van der Waals surface area contributed by atoms with Crippen molar-refractivity contribution in [2.75, 3.05) is 0 Å². The first-order valence-electron chi connectivity index (χ1n) is 3.82. The largest absolute Gasteiger partial charge is 0.289 e. The molecule has 0 fully saturated rings. The molecule has 13 heavy (non-hydrogen) atoms. The maximum absolute atomic E-state index is 12.7. The van der Waals surface area contributed by atoms with E-state index < -0.39 is 5.56 Å². The molecule has 0 amide bonds. The molecule has 4 heteroatoms. The quantitative estimate of drug-likeness (QED) is 0.611. The maximum Gasteiger partial charge on any atom is 0.289 e. The van der Waals surface area contributed by atoms with E-state index in [1.807, 2.05) is 6.92 Å². The third-order valence-corrected chi connectivity index (χ3v) is 1.88. The van der Waals surface area contributed by atoms with E-state index in [9.17, 15) is 9.28 Å². The Bertz CT molecular complexity index is 518. The Morgan fingerprint density at radius 3 is 3.00 bits per heavy atom. The number of aromatic nitrogens is 2. The molecule has 0 aliphatic carbocycles. The molecule has 0 saturated heterocycles. The molecule has 0 saturated carbocycles. The van der Waals surface area contributed by atoms with Crippen LogP contribution in [0.3, 0.4) is 0 Å². The second-order valence-corrected chi connectivity index (χ2v) is 2.88. The SMILES string of the molecule is Cc1ccc2c(=O)n(F)cnc2c1. The molecule has 2 aromatic rings. The van der Waals surface area contributed by atoms with Gasteiger partial charge in [0, 0.05) is 0 Å². The summed E-state index contributed by atoms with van der Waals surface area (Å²) in [5.41, 5.74) is 0.861. The van der Waals surface area contributed by atoms with Crippen LogP contribution in [0.15, 0.2) is 29.3 Å². The van der Waals surface area contributed by atoms with Gasteiger partial charge in [-0.3, -0.25) is 4.79 Å². The first-order valence-corrected chi connectivity index (χ1v) is 3.82. The highest BCUT2D eigenvalue weighted by molar-refractivity contribution is 5.77. The van der Waals surface area contributed by atoms with Crippen molar-refractivity contribution in [3.05, 3.63) is 40.4 Å². The number of hydrogen-bond donors (Lipinski definition) is 0. The lowest BCUT2D eigenvalue weighted by Crippen LogP contribution is -2.13. The zero-order valence-electron chi connectivity index (χ0n) is 6.99. The van der Waals surface area contributed by atoms with Crippen LogP contribution in [0.25, 0.3) is 10.9 Å². The first-order chi connectivity index (χ1) is 6.18. The average molecular weight is 178 g/mol. The van der Waals surface area contributed by atoms with Gasteiger partial charge in [-0.1, -0.05) is 10.5 Å². The molecule has 0 aliphatic heterocycles. The number of aryl methyl sites for hydroxylation is 1. The molecular weight excluding hydrogens is 171 g/mol. The molecular formula is C9H7FN2O. The predicted molar refractivity (Wildman–Crippen MR) is 47.2 cm³/mol. The summed E-state index contributed by atoms with van der Waals surface area (Å²) in [6.45, 7) is 1.89. The van der Waals surface area contributed by atoms with Gasteiger partial charge >= 0.3 is 0 Å². The highest BCUT2D eigenvalue weighted by atomic mass is 19.2. The fraction of sp³-hybridized carbons (Fsp3) is 0.111. The monoisotopic (exact) mass is 178 g/mol. The molecule has 3 nitrogen and oxygen atoms in total. The lowest BCUT2D eigenvalue weighted by Gasteiger charge is -1.97. The van der Waals surface area contributed by atoms with Crippen LogP contribution in [0.1, 0.15) is 5.56 Å². The molecule has 1 heterocycles. The molecule has 2 rings (SSSR count). The second kappa shape index (κ2) is 2.65. The van der Waals surface area contributed by atoms with Crippen molar-refractivity contribution in [3.63, 3.8) is 0 Å². The number of benzene rings is 1. The Hall–Kier alpha value is -1.71. The Labute approximate surface area is 73.4 Å². The fourth-order valence-corrected chi connectivity index (χ4v) is 1.21. The Kier molecular flexibility index (Phi) is 1.62. The minimum absolute atomic E-state index is 0.0162. The van der Waals surface area contributed by atoms with Gasteiger partial charge in [0.2, 0.25) is 0 Å². The van der Waals surface area contributed by atoms with E-state index in [-0.39, 0.29) is 4.79 Å². The predicted octanol–water partition coefficient (Wildman–Crippen LogP) is 1.44. The van der Waals surface area contributed by atoms with Gasteiger partial charge in [0.1, 0.15) is 6.33 Å². The Morgan fingerprint density at radius 2 is 2.23 bits per heavy atom. The standard InChI is InChI=1S/C9H7FN2O/c1-6-2-3-7-8(4-6)11-5-12(10)9(7)13/h2-5H,1H3. The van der Waals surface area contributed by atoms with Crippen LogP contribution >= 0.6 is 0 Å². The summed E-state index contributed by atoms with van der Waals surface area (Å²) in [5.74, 6) is 0. The summed E-state index contributed by atoms with van der Waals surface area (Å²) < 4.78 is 12.7. The van der Waals surface area contributed by atoms with Crippen LogP contribution in [0.4, 0.5) is 4.48 Å². The van der Waals surface area contributed by atoms with E-state index in [4.69, 9.17) is 0 Å². The average Bonchev–Trinajstić information content (AvgIpc) is 2.12. The van der Waals surface area contributed by atoms with Crippen LogP contribution in [-0.2, 0) is 0 Å². The zero-order valence-corrected chi connectivity index (χ0v) is 6.99. The molecule has 1 aromatic heterocycles. The minimum Gasteiger partial charge on any atom is -0.266 e. The summed E-state index contributed by atoms with van der Waals surface area (Å²) in [7, 11) is 0. The summed E-state index contributed by atoms with van der Waals surface area (Å²) in [4.78, 5) is 15.0. The highest BCUT2D eigenvalue weighted by Gasteiger charge is 2.02. The van der Waals surface area contributed by atoms with E-state index in [1.54, 1.807) is 18.2 Å². The van der Waals surface area contributed by atoms with E-state index in [1.165, 1.54) is 0 Å². The third kappa shape index (κ3) is 1.20. The topological polar surface area (TPSA) is 34.9 Å². The van der Waals surface area contributed by atoms with Gasteiger partial charge in [-0.25, -0.2) is 4.98 Å². The Balaban J connectivity index is 2.95. The molecule has 0 N–H and O–H groups in total. The van der Waals surface area contributed by atoms with Crippen molar-refractivity contribution < 1.29 is 4.48 Å². The molecule has 0 spiro atoms. The van der Waals surface area contributed by atoms with Gasteiger partial charge in [0.15, 0.2) is 0 Å². The first kappa shape index (κ1) is 7.91. The molecule has 66 valence electrons. The van der Waals surface area contributed by atoms with Crippen molar-refractivity contribution in [3.8, 4) is 0 Å². The van der Waals surface area contributed by atoms with Gasteiger partial charge in [-0.2, -0.15) is 0 Å². The van der Waals surface area contributed by atoms with Crippen molar-refractivity contribution in [1.29, 1.82) is 0 Å². The second-order valence-electron chi connectivity index (χ2n) is 2.88. The zero-order chi connectivity index (χ0) is 9.42. The minimum atomic E-state index is -0.662. The lowest BCUT2D eigenvalue weighted by molar-refractivity contribution is 0.349. The number of rotatable bonds is 0. The summed E-state index contributed by atoms with van der Waals surface area (Å²) in [5, 5.41) is 0.301. The van der Waals surface area contributed by atoms with E-state index in [0.29, 0.717) is 10.9 Å². The fourth-order valence-electron chi connectivity index (χ4n) is 1.21. The van der Waals surface area contributed by atoms with Crippen molar-refractivity contribution in [1.82, 2.24) is 9.77 Å². The van der Waals surface area contributed by atoms with Gasteiger partial charge < -0.3 is 0 Å². The third-order valence-electron chi connectivity index (χ3n) is 1.88. The van der Waals surface area contributed by atoms with Gasteiger partial charge in [-0.05, 0) is 24.6 Å². The maximum atomic E-state index is 12.7. The molecule has 0 aliphatic rings. The Morgan fingerprint density at radius 1 is 1.46 bits per heavy atom. The molecule has 1 aromatic carbocycles. The van der Waals surface area contributed by atoms with Crippen LogP contribution < -0.4 is 5.56 Å². The number of fused-ring (bicyclic) bond motifs is 1. The lowest BCUT2D eigenvalue weighted by atomic mass is 10.2. The van der Waals surface area contributed by atoms with Crippen LogP contribution in [0.2, 0.25) is 0 Å². The number of halogens is 1. The number of nitrogens with zero attached hydrogens (tertiary/aromatic N) is 2. The summed E-state index contributed by atoms with van der Waals surface area (Å²) >= 11 is 0. The van der Waals surface area contributed by atoms with E-state index in [0.717, 1.165) is 11.9 Å². The molecule has 0 atom stereocenters. The van der Waals surface area contributed by atoms with Crippen molar-refractivity contribution >= 4 is 10.9 Å². The molecule has 0 bridgehead atoms. The van der Waals surface area contributed by atoms with E-state index >= 15 is 0 Å². The van der Waals surface area contributed by atoms with E-state index in [2.05, 4.69) is 4.98 Å². The number of hydrogen-bond acceptors (Lipinski definition) is 2. The van der Waals surface area contributed by atoms with Crippen LogP contribution in [0, 0.1) is 6.92 Å². The molecule has 0 radical (unpaired) electrons. The van der Waals surface area contributed by atoms with Crippen molar-refractivity contribution in [2.24, 2.45) is 0 Å². The van der Waals surface area contributed by atoms with Crippen LogP contribution in [-0.4, -0.2) is 9.77 Å². The summed E-state index contributed by atoms with van der Waals surface area (Å²) in [6, 6.07) is 5.08. The molecule has 0 unspecified atom stereocenters. The smallest absolute Gasteiger partial charge is 0.266 e. The van der Waals surface area contributed by atoms with Crippen molar-refractivity contribution in [2.45, 2.75) is 6.92 Å². The van der Waals surface area contributed by atoms with Gasteiger partial charge in [0.05, 0.1) is 10.9 Å².